The first-order valence-corrected chi connectivity index (χ1v) is 7.07. The molecule has 0 N–H and O–H groups in total. The molecule has 0 spiro atoms. The van der Waals surface area contributed by atoms with Crippen molar-refractivity contribution in [2.24, 2.45) is 0 Å². The number of hydrogen-bond donors (Lipinski definition) is 0. The predicted molar refractivity (Wildman–Crippen MR) is 77.9 cm³/mol. The smallest absolute Gasteiger partial charge is 0.219 e. The molecule has 0 aliphatic carbocycles. The van der Waals surface area contributed by atoms with Crippen LogP contribution in [-0.2, 0) is 11.3 Å². The van der Waals surface area contributed by atoms with E-state index in [1.807, 2.05) is 4.90 Å². The Labute approximate surface area is 116 Å². The van der Waals surface area contributed by atoms with E-state index in [0.717, 1.165) is 32.5 Å². The lowest BCUT2D eigenvalue weighted by molar-refractivity contribution is -0.132. The molecule has 1 aromatic rings. The quantitative estimate of drug-likeness (QED) is 0.833. The number of aryl methyl sites for hydroxylation is 1. The third-order valence-corrected chi connectivity index (χ3v) is 4.01. The van der Waals surface area contributed by atoms with E-state index in [4.69, 9.17) is 0 Å². The average Bonchev–Trinajstić information content (AvgIpc) is 2.39. The van der Waals surface area contributed by atoms with E-state index < -0.39 is 0 Å². The summed E-state index contributed by atoms with van der Waals surface area (Å²) in [6, 6.07) is 8.88. The lowest BCUT2D eigenvalue weighted by atomic mass is 10.0. The van der Waals surface area contributed by atoms with Gasteiger partial charge in [-0.2, -0.15) is 0 Å². The standard InChI is InChI=1S/C16H24N2O/c1-13-4-6-15(7-5-13)12-18(14(2)19)16-8-10-17(3)11-9-16/h4-7,16H,8-12H2,1-3H3. The monoisotopic (exact) mass is 260 g/mol. The minimum atomic E-state index is 0.190. The molecule has 1 amide bonds. The van der Waals surface area contributed by atoms with Crippen LogP contribution in [-0.4, -0.2) is 41.9 Å². The lowest BCUT2D eigenvalue weighted by Crippen LogP contribution is -2.45. The Morgan fingerprint density at radius 1 is 1.26 bits per heavy atom. The molecule has 3 heteroatoms. The van der Waals surface area contributed by atoms with E-state index in [0.29, 0.717) is 6.04 Å². The molecule has 1 aliphatic rings. The first-order chi connectivity index (χ1) is 9.06. The van der Waals surface area contributed by atoms with Gasteiger partial charge in [0.2, 0.25) is 5.91 Å². The molecule has 1 heterocycles. The van der Waals surface area contributed by atoms with Crippen LogP contribution in [0.15, 0.2) is 24.3 Å². The normalized spacial score (nSPS) is 17.4. The molecule has 0 atom stereocenters. The molecule has 0 saturated carbocycles. The van der Waals surface area contributed by atoms with Gasteiger partial charge in [0, 0.05) is 19.5 Å². The van der Waals surface area contributed by atoms with Crippen molar-refractivity contribution in [1.82, 2.24) is 9.80 Å². The van der Waals surface area contributed by atoms with Gasteiger partial charge >= 0.3 is 0 Å². The highest BCUT2D eigenvalue weighted by atomic mass is 16.2. The predicted octanol–water partition coefficient (Wildman–Crippen LogP) is 2.44. The number of benzene rings is 1. The summed E-state index contributed by atoms with van der Waals surface area (Å²) in [5, 5.41) is 0. The van der Waals surface area contributed by atoms with Crippen LogP contribution >= 0.6 is 0 Å². The van der Waals surface area contributed by atoms with Crippen molar-refractivity contribution in [2.45, 2.75) is 39.3 Å². The van der Waals surface area contributed by atoms with Gasteiger partial charge in [-0.1, -0.05) is 29.8 Å². The lowest BCUT2D eigenvalue weighted by Gasteiger charge is -2.37. The van der Waals surface area contributed by atoms with Crippen molar-refractivity contribution in [1.29, 1.82) is 0 Å². The SMILES string of the molecule is CC(=O)N(Cc1ccc(C)cc1)C1CCN(C)CC1. The fourth-order valence-corrected chi connectivity index (χ4v) is 2.69. The van der Waals surface area contributed by atoms with E-state index in [2.05, 4.69) is 43.1 Å². The summed E-state index contributed by atoms with van der Waals surface area (Å²) in [5.74, 6) is 0.190. The highest BCUT2D eigenvalue weighted by Gasteiger charge is 2.24. The third kappa shape index (κ3) is 3.80. The van der Waals surface area contributed by atoms with Crippen molar-refractivity contribution in [3.05, 3.63) is 35.4 Å². The van der Waals surface area contributed by atoms with Gasteiger partial charge in [-0.3, -0.25) is 4.79 Å². The minimum absolute atomic E-state index is 0.190. The molecule has 0 unspecified atom stereocenters. The van der Waals surface area contributed by atoms with Crippen molar-refractivity contribution >= 4 is 5.91 Å². The maximum absolute atomic E-state index is 11.9. The summed E-state index contributed by atoms with van der Waals surface area (Å²) in [6.45, 7) is 6.69. The number of carbonyl (C=O) groups is 1. The number of piperidine rings is 1. The number of nitrogens with zero attached hydrogens (tertiary/aromatic N) is 2. The number of likely N-dealkylation sites (tertiary alicyclic amines) is 1. The molecule has 0 bridgehead atoms. The Hall–Kier alpha value is -1.35. The fourth-order valence-electron chi connectivity index (χ4n) is 2.69. The number of rotatable bonds is 3. The molecule has 104 valence electrons. The number of amides is 1. The molecule has 1 fully saturated rings. The van der Waals surface area contributed by atoms with E-state index in [1.165, 1.54) is 11.1 Å². The first kappa shape index (κ1) is 14.1. The van der Waals surface area contributed by atoms with E-state index in [9.17, 15) is 4.79 Å². The summed E-state index contributed by atoms with van der Waals surface area (Å²) in [4.78, 5) is 16.3. The van der Waals surface area contributed by atoms with E-state index in [1.54, 1.807) is 6.92 Å². The number of hydrogen-bond acceptors (Lipinski definition) is 2. The summed E-state index contributed by atoms with van der Waals surface area (Å²) < 4.78 is 0. The van der Waals surface area contributed by atoms with Gasteiger partial charge in [0.25, 0.3) is 0 Å². The fraction of sp³-hybridized carbons (Fsp3) is 0.562. The van der Waals surface area contributed by atoms with Gasteiger partial charge < -0.3 is 9.80 Å². The molecule has 2 rings (SSSR count). The van der Waals surface area contributed by atoms with Gasteiger partial charge in [-0.25, -0.2) is 0 Å². The van der Waals surface area contributed by atoms with E-state index in [-0.39, 0.29) is 5.91 Å². The van der Waals surface area contributed by atoms with Gasteiger partial charge in [-0.15, -0.1) is 0 Å². The van der Waals surface area contributed by atoms with Gasteiger partial charge in [0.1, 0.15) is 0 Å². The van der Waals surface area contributed by atoms with Crippen LogP contribution in [0.3, 0.4) is 0 Å². The second-order valence-corrected chi connectivity index (χ2v) is 5.67. The highest BCUT2D eigenvalue weighted by Crippen LogP contribution is 2.18. The van der Waals surface area contributed by atoms with Crippen molar-refractivity contribution in [3.63, 3.8) is 0 Å². The molecule has 1 saturated heterocycles. The zero-order valence-corrected chi connectivity index (χ0v) is 12.2. The summed E-state index contributed by atoms with van der Waals surface area (Å²) in [7, 11) is 2.15. The summed E-state index contributed by atoms with van der Waals surface area (Å²) in [5.41, 5.74) is 2.48. The van der Waals surface area contributed by atoms with Crippen molar-refractivity contribution in [2.75, 3.05) is 20.1 Å². The average molecular weight is 260 g/mol. The summed E-state index contributed by atoms with van der Waals surface area (Å²) >= 11 is 0. The molecular formula is C16H24N2O. The van der Waals surface area contributed by atoms with Crippen LogP contribution in [0.25, 0.3) is 0 Å². The second kappa shape index (κ2) is 6.20. The Morgan fingerprint density at radius 2 is 1.84 bits per heavy atom. The van der Waals surface area contributed by atoms with Crippen LogP contribution < -0.4 is 0 Å². The molecule has 19 heavy (non-hydrogen) atoms. The maximum Gasteiger partial charge on any atom is 0.219 e. The largest absolute Gasteiger partial charge is 0.336 e. The van der Waals surface area contributed by atoms with Gasteiger partial charge in [0.15, 0.2) is 0 Å². The van der Waals surface area contributed by atoms with Gasteiger partial charge in [0.05, 0.1) is 0 Å². The Kier molecular flexibility index (Phi) is 4.59. The second-order valence-electron chi connectivity index (χ2n) is 5.67. The maximum atomic E-state index is 11.9. The molecular weight excluding hydrogens is 236 g/mol. The number of carbonyl (C=O) groups excluding carboxylic acids is 1. The van der Waals surface area contributed by atoms with Crippen LogP contribution in [0, 0.1) is 6.92 Å². The van der Waals surface area contributed by atoms with Crippen LogP contribution in [0.5, 0.6) is 0 Å². The first-order valence-electron chi connectivity index (χ1n) is 7.07. The molecule has 0 aromatic heterocycles. The Morgan fingerprint density at radius 3 is 2.37 bits per heavy atom. The molecule has 1 aromatic carbocycles. The zero-order chi connectivity index (χ0) is 13.8. The Balaban J connectivity index is 2.04. The summed E-state index contributed by atoms with van der Waals surface area (Å²) in [6.07, 6.45) is 2.17. The van der Waals surface area contributed by atoms with Crippen LogP contribution in [0.2, 0.25) is 0 Å². The zero-order valence-electron chi connectivity index (χ0n) is 12.2. The molecule has 1 aliphatic heterocycles. The third-order valence-electron chi connectivity index (χ3n) is 4.01. The van der Waals surface area contributed by atoms with E-state index >= 15 is 0 Å². The molecule has 3 nitrogen and oxygen atoms in total. The Bertz CT molecular complexity index is 419. The van der Waals surface area contributed by atoms with Crippen LogP contribution in [0.1, 0.15) is 30.9 Å². The highest BCUT2D eigenvalue weighted by molar-refractivity contribution is 5.73. The van der Waals surface area contributed by atoms with Crippen molar-refractivity contribution < 1.29 is 4.79 Å². The topological polar surface area (TPSA) is 23.6 Å². The molecule has 0 radical (unpaired) electrons. The minimum Gasteiger partial charge on any atom is -0.336 e. The van der Waals surface area contributed by atoms with Crippen molar-refractivity contribution in [3.8, 4) is 0 Å². The van der Waals surface area contributed by atoms with Crippen LogP contribution in [0.4, 0.5) is 0 Å². The van der Waals surface area contributed by atoms with Gasteiger partial charge in [-0.05, 0) is 45.5 Å².